The fourth-order valence-corrected chi connectivity index (χ4v) is 3.72. The zero-order valence-electron chi connectivity index (χ0n) is 16.4. The van der Waals surface area contributed by atoms with Crippen molar-refractivity contribution in [3.8, 4) is 16.5 Å². The number of ether oxygens (including phenoxy) is 1. The average molecular weight is 477 g/mol. The molecule has 164 valence electrons. The third-order valence-corrected chi connectivity index (χ3v) is 5.35. The van der Waals surface area contributed by atoms with Gasteiger partial charge in [-0.15, -0.1) is 24.0 Å². The molecule has 3 aromatic heterocycles. The summed E-state index contributed by atoms with van der Waals surface area (Å²) in [5.74, 6) is 1.22. The maximum Gasteiger partial charge on any atom is 0.419 e. The number of nitrogens with zero attached hydrogens (tertiary/aromatic N) is 4. The SMILES string of the molecule is COc1ccc(S)cc1Nc1cc(Nc2ncsc2-c2ncccn2)c(C(F)(F)F)cn1. The van der Waals surface area contributed by atoms with Crippen molar-refractivity contribution in [2.45, 2.75) is 11.1 Å². The predicted octanol–water partition coefficient (Wildman–Crippen LogP) is 5.80. The van der Waals surface area contributed by atoms with Crippen molar-refractivity contribution in [3.63, 3.8) is 0 Å². The Hall–Kier alpha value is -3.38. The number of hydrogen-bond donors (Lipinski definition) is 3. The molecular formula is C20H15F3N6OS2. The van der Waals surface area contributed by atoms with E-state index in [9.17, 15) is 13.2 Å². The highest BCUT2D eigenvalue weighted by atomic mass is 32.1. The monoisotopic (exact) mass is 476 g/mol. The highest BCUT2D eigenvalue weighted by Crippen LogP contribution is 2.39. The van der Waals surface area contributed by atoms with Gasteiger partial charge in [-0.3, -0.25) is 0 Å². The summed E-state index contributed by atoms with van der Waals surface area (Å²) in [4.78, 5) is 17.5. The molecule has 4 aromatic rings. The van der Waals surface area contributed by atoms with E-state index in [0.717, 1.165) is 6.20 Å². The van der Waals surface area contributed by atoms with E-state index in [4.69, 9.17) is 4.74 Å². The maximum absolute atomic E-state index is 13.7. The molecule has 0 saturated heterocycles. The minimum absolute atomic E-state index is 0.172. The molecule has 0 aliphatic carbocycles. The van der Waals surface area contributed by atoms with Crippen LogP contribution in [-0.4, -0.2) is 27.0 Å². The first-order valence-corrected chi connectivity index (χ1v) is 10.4. The van der Waals surface area contributed by atoms with Gasteiger partial charge in [0.15, 0.2) is 11.6 Å². The Balaban J connectivity index is 1.72. The number of methoxy groups -OCH3 is 1. The molecule has 0 aliphatic rings. The van der Waals surface area contributed by atoms with E-state index >= 15 is 0 Å². The Bertz CT molecular complexity index is 1230. The van der Waals surface area contributed by atoms with Crippen LogP contribution in [0, 0.1) is 0 Å². The Morgan fingerprint density at radius 3 is 2.50 bits per heavy atom. The van der Waals surface area contributed by atoms with Gasteiger partial charge in [-0.1, -0.05) is 0 Å². The van der Waals surface area contributed by atoms with Crippen LogP contribution < -0.4 is 15.4 Å². The largest absolute Gasteiger partial charge is 0.495 e. The highest BCUT2D eigenvalue weighted by molar-refractivity contribution is 7.80. The number of aromatic nitrogens is 4. The molecular weight excluding hydrogens is 461 g/mol. The molecule has 32 heavy (non-hydrogen) atoms. The number of alkyl halides is 3. The Labute approximate surface area is 190 Å². The molecule has 0 spiro atoms. The van der Waals surface area contributed by atoms with Crippen molar-refractivity contribution in [1.82, 2.24) is 19.9 Å². The second-order valence-corrected chi connectivity index (χ2v) is 7.72. The van der Waals surface area contributed by atoms with Crippen molar-refractivity contribution < 1.29 is 17.9 Å². The average Bonchev–Trinajstić information content (AvgIpc) is 3.22. The molecule has 12 heteroatoms. The van der Waals surface area contributed by atoms with Crippen molar-refractivity contribution in [2.75, 3.05) is 17.7 Å². The molecule has 0 bridgehead atoms. The molecule has 3 heterocycles. The van der Waals surface area contributed by atoms with E-state index in [1.807, 2.05) is 0 Å². The zero-order chi connectivity index (χ0) is 22.7. The minimum Gasteiger partial charge on any atom is -0.495 e. The number of anilines is 4. The number of rotatable bonds is 6. The van der Waals surface area contributed by atoms with Crippen LogP contribution in [0.25, 0.3) is 10.7 Å². The van der Waals surface area contributed by atoms with Gasteiger partial charge in [0.2, 0.25) is 0 Å². The second-order valence-electron chi connectivity index (χ2n) is 6.35. The molecule has 0 fully saturated rings. The van der Waals surface area contributed by atoms with Crippen molar-refractivity contribution in [3.05, 3.63) is 60.0 Å². The molecule has 0 amide bonds. The number of nitrogens with one attached hydrogen (secondary N) is 2. The number of benzene rings is 1. The second kappa shape index (κ2) is 9.01. The van der Waals surface area contributed by atoms with Crippen molar-refractivity contribution >= 4 is 47.0 Å². The van der Waals surface area contributed by atoms with Gasteiger partial charge >= 0.3 is 6.18 Å². The molecule has 0 atom stereocenters. The van der Waals surface area contributed by atoms with Gasteiger partial charge in [-0.2, -0.15) is 13.2 Å². The zero-order valence-corrected chi connectivity index (χ0v) is 18.1. The van der Waals surface area contributed by atoms with E-state index < -0.39 is 11.7 Å². The summed E-state index contributed by atoms with van der Waals surface area (Å²) < 4.78 is 46.3. The third-order valence-electron chi connectivity index (χ3n) is 4.24. The normalized spacial score (nSPS) is 11.3. The summed E-state index contributed by atoms with van der Waals surface area (Å²) in [5.41, 5.74) is 0.847. The van der Waals surface area contributed by atoms with Crippen molar-refractivity contribution in [2.24, 2.45) is 0 Å². The highest BCUT2D eigenvalue weighted by Gasteiger charge is 2.35. The summed E-state index contributed by atoms with van der Waals surface area (Å²) in [7, 11) is 1.49. The molecule has 0 unspecified atom stereocenters. The summed E-state index contributed by atoms with van der Waals surface area (Å²) in [6.07, 6.45) is -0.780. The molecule has 1 aromatic carbocycles. The number of thiol groups is 1. The van der Waals surface area contributed by atoms with Crippen LogP contribution in [-0.2, 0) is 6.18 Å². The van der Waals surface area contributed by atoms with Crippen molar-refractivity contribution in [1.29, 1.82) is 0 Å². The van der Waals surface area contributed by atoms with E-state index in [1.54, 1.807) is 36.7 Å². The Kier molecular flexibility index (Phi) is 6.15. The summed E-state index contributed by atoms with van der Waals surface area (Å²) in [6, 6.07) is 8.00. The van der Waals surface area contributed by atoms with Gasteiger partial charge in [0, 0.05) is 29.6 Å². The smallest absolute Gasteiger partial charge is 0.419 e. The quantitative estimate of drug-likeness (QED) is 0.303. The molecule has 4 rings (SSSR count). The topological polar surface area (TPSA) is 84.9 Å². The molecule has 0 saturated carbocycles. The lowest BCUT2D eigenvalue weighted by Crippen LogP contribution is -2.11. The molecule has 2 N–H and O–H groups in total. The van der Waals surface area contributed by atoms with Crippen LogP contribution in [0.15, 0.2) is 59.3 Å². The Morgan fingerprint density at radius 1 is 1.00 bits per heavy atom. The van der Waals surface area contributed by atoms with Gasteiger partial charge < -0.3 is 15.4 Å². The van der Waals surface area contributed by atoms with Crippen LogP contribution in [0.1, 0.15) is 5.56 Å². The number of thiazole rings is 1. The maximum atomic E-state index is 13.7. The number of halogens is 3. The lowest BCUT2D eigenvalue weighted by molar-refractivity contribution is -0.137. The van der Waals surface area contributed by atoms with Gasteiger partial charge in [0.25, 0.3) is 0 Å². The van der Waals surface area contributed by atoms with Gasteiger partial charge in [0.05, 0.1) is 29.6 Å². The van der Waals surface area contributed by atoms with Gasteiger partial charge in [-0.05, 0) is 24.3 Å². The molecule has 0 radical (unpaired) electrons. The lowest BCUT2D eigenvalue weighted by atomic mass is 10.2. The predicted molar refractivity (Wildman–Crippen MR) is 119 cm³/mol. The fraction of sp³-hybridized carbons (Fsp3) is 0.100. The van der Waals surface area contributed by atoms with E-state index in [1.165, 1.54) is 30.0 Å². The van der Waals surface area contributed by atoms with E-state index in [-0.39, 0.29) is 17.3 Å². The van der Waals surface area contributed by atoms with Gasteiger partial charge in [-0.25, -0.2) is 19.9 Å². The van der Waals surface area contributed by atoms with Crippen LogP contribution >= 0.6 is 24.0 Å². The van der Waals surface area contributed by atoms with Crippen LogP contribution in [0.4, 0.5) is 36.2 Å². The van der Waals surface area contributed by atoms with Crippen LogP contribution in [0.3, 0.4) is 0 Å². The summed E-state index contributed by atoms with van der Waals surface area (Å²) in [5, 5.41) is 5.74. The number of pyridine rings is 1. The third kappa shape index (κ3) is 4.75. The van der Waals surface area contributed by atoms with Gasteiger partial charge in [0.1, 0.15) is 16.4 Å². The van der Waals surface area contributed by atoms with Crippen LogP contribution in [0.2, 0.25) is 0 Å². The first-order valence-electron chi connectivity index (χ1n) is 9.04. The molecule has 7 nitrogen and oxygen atoms in total. The first-order chi connectivity index (χ1) is 15.3. The standard InChI is InChI=1S/C20H15F3N6OS2/c1-30-15-4-3-11(31)7-14(15)28-16-8-13(12(9-26-16)20(21,22)23)29-19-17(32-10-27-19)18-24-5-2-6-25-18/h2-10,31H,1H3,(H2,26,28,29). The minimum atomic E-state index is -4.63. The van der Waals surface area contributed by atoms with E-state index in [0.29, 0.717) is 27.0 Å². The number of hydrogen-bond acceptors (Lipinski definition) is 9. The van der Waals surface area contributed by atoms with Crippen LogP contribution in [0.5, 0.6) is 5.75 Å². The molecule has 0 aliphatic heterocycles. The Morgan fingerprint density at radius 2 is 1.78 bits per heavy atom. The van der Waals surface area contributed by atoms with E-state index in [2.05, 4.69) is 43.2 Å². The lowest BCUT2D eigenvalue weighted by Gasteiger charge is -2.16. The summed E-state index contributed by atoms with van der Waals surface area (Å²) >= 11 is 5.50. The fourth-order valence-electron chi connectivity index (χ4n) is 2.82. The first kappa shape index (κ1) is 21.8. The summed E-state index contributed by atoms with van der Waals surface area (Å²) in [6.45, 7) is 0.